The van der Waals surface area contributed by atoms with Crippen LogP contribution in [0.1, 0.15) is 0 Å². The van der Waals surface area contributed by atoms with Crippen molar-refractivity contribution < 1.29 is 0 Å². The predicted octanol–water partition coefficient (Wildman–Crippen LogP) is 2.69. The SMILES string of the molecule is Nc1cc(Nc2cc(Cl)c(Cl)cc2N)ncn1. The first-order valence-electron chi connectivity index (χ1n) is 4.65. The van der Waals surface area contributed by atoms with Gasteiger partial charge < -0.3 is 16.8 Å². The van der Waals surface area contributed by atoms with Gasteiger partial charge in [-0.15, -0.1) is 0 Å². The maximum atomic E-state index is 5.90. The minimum atomic E-state index is 0.362. The molecule has 0 fully saturated rings. The van der Waals surface area contributed by atoms with Crippen LogP contribution in [0, 0.1) is 0 Å². The van der Waals surface area contributed by atoms with Crippen LogP contribution in [0.25, 0.3) is 0 Å². The normalized spacial score (nSPS) is 10.2. The Kier molecular flexibility index (Phi) is 3.21. The van der Waals surface area contributed by atoms with Gasteiger partial charge in [-0.25, -0.2) is 9.97 Å². The Morgan fingerprint density at radius 2 is 1.71 bits per heavy atom. The number of hydrogen-bond acceptors (Lipinski definition) is 5. The van der Waals surface area contributed by atoms with Gasteiger partial charge in [0.2, 0.25) is 0 Å². The van der Waals surface area contributed by atoms with Crippen molar-refractivity contribution in [3.05, 3.63) is 34.6 Å². The molecule has 5 nitrogen and oxygen atoms in total. The molecule has 0 atom stereocenters. The number of nitrogens with one attached hydrogen (secondary N) is 1. The Balaban J connectivity index is 2.33. The van der Waals surface area contributed by atoms with Gasteiger partial charge in [0.1, 0.15) is 18.0 Å². The minimum absolute atomic E-state index is 0.362. The van der Waals surface area contributed by atoms with Crippen molar-refractivity contribution in [2.45, 2.75) is 0 Å². The second-order valence-electron chi connectivity index (χ2n) is 3.31. The molecule has 0 radical (unpaired) electrons. The van der Waals surface area contributed by atoms with Crippen LogP contribution in [0.4, 0.5) is 23.0 Å². The van der Waals surface area contributed by atoms with Gasteiger partial charge >= 0.3 is 0 Å². The van der Waals surface area contributed by atoms with Crippen LogP contribution in [0.2, 0.25) is 10.0 Å². The van der Waals surface area contributed by atoms with Gasteiger partial charge in [-0.3, -0.25) is 0 Å². The molecule has 1 aromatic heterocycles. The van der Waals surface area contributed by atoms with E-state index < -0.39 is 0 Å². The van der Waals surface area contributed by atoms with Crippen molar-refractivity contribution in [2.75, 3.05) is 16.8 Å². The maximum Gasteiger partial charge on any atom is 0.135 e. The van der Waals surface area contributed by atoms with E-state index in [2.05, 4.69) is 15.3 Å². The Hall–Kier alpha value is -1.72. The van der Waals surface area contributed by atoms with Crippen molar-refractivity contribution in [3.63, 3.8) is 0 Å². The van der Waals surface area contributed by atoms with Gasteiger partial charge in [0.25, 0.3) is 0 Å². The molecule has 0 aliphatic carbocycles. The van der Waals surface area contributed by atoms with Gasteiger partial charge in [-0.05, 0) is 12.1 Å². The summed E-state index contributed by atoms with van der Waals surface area (Å²) in [5.41, 5.74) is 12.4. The second-order valence-corrected chi connectivity index (χ2v) is 4.12. The van der Waals surface area contributed by atoms with Crippen molar-refractivity contribution in [1.82, 2.24) is 9.97 Å². The molecule has 5 N–H and O–H groups in total. The summed E-state index contributed by atoms with van der Waals surface area (Å²) in [6, 6.07) is 4.77. The number of nitrogen functional groups attached to an aromatic ring is 2. The first-order valence-corrected chi connectivity index (χ1v) is 5.41. The lowest BCUT2D eigenvalue weighted by Gasteiger charge is -2.10. The number of rotatable bonds is 2. The van der Waals surface area contributed by atoms with Gasteiger partial charge in [-0.2, -0.15) is 0 Å². The molecule has 2 aromatic rings. The lowest BCUT2D eigenvalue weighted by molar-refractivity contribution is 1.18. The van der Waals surface area contributed by atoms with Crippen LogP contribution in [-0.2, 0) is 0 Å². The highest BCUT2D eigenvalue weighted by Crippen LogP contribution is 2.32. The Morgan fingerprint density at radius 3 is 2.41 bits per heavy atom. The number of nitrogens with zero attached hydrogens (tertiary/aromatic N) is 2. The summed E-state index contributed by atoms with van der Waals surface area (Å²) in [5.74, 6) is 0.892. The molecule has 0 saturated carbocycles. The molecule has 7 heteroatoms. The molecule has 1 heterocycles. The largest absolute Gasteiger partial charge is 0.397 e. The van der Waals surface area contributed by atoms with E-state index in [1.807, 2.05) is 0 Å². The zero-order chi connectivity index (χ0) is 12.4. The molecule has 0 bridgehead atoms. The molecule has 17 heavy (non-hydrogen) atoms. The molecular formula is C10H9Cl2N5. The second kappa shape index (κ2) is 4.65. The first kappa shape index (κ1) is 11.8. The summed E-state index contributed by atoms with van der Waals surface area (Å²) in [4.78, 5) is 7.78. The van der Waals surface area contributed by atoms with E-state index in [1.54, 1.807) is 18.2 Å². The lowest BCUT2D eigenvalue weighted by Crippen LogP contribution is -2.00. The van der Waals surface area contributed by atoms with Gasteiger partial charge in [0.05, 0.1) is 21.4 Å². The molecule has 0 aliphatic heterocycles. The van der Waals surface area contributed by atoms with E-state index >= 15 is 0 Å². The molecule has 0 amide bonds. The third-order valence-electron chi connectivity index (χ3n) is 2.04. The number of benzene rings is 1. The number of nitrogens with two attached hydrogens (primary N) is 2. The third kappa shape index (κ3) is 2.69. The molecular weight excluding hydrogens is 261 g/mol. The van der Waals surface area contributed by atoms with Crippen molar-refractivity contribution in [2.24, 2.45) is 0 Å². The smallest absolute Gasteiger partial charge is 0.135 e. The lowest BCUT2D eigenvalue weighted by atomic mass is 10.2. The molecule has 88 valence electrons. The zero-order valence-electron chi connectivity index (χ0n) is 8.61. The van der Waals surface area contributed by atoms with Crippen LogP contribution in [0.5, 0.6) is 0 Å². The van der Waals surface area contributed by atoms with Crippen LogP contribution in [0.15, 0.2) is 24.5 Å². The number of anilines is 4. The molecule has 1 aromatic carbocycles. The van der Waals surface area contributed by atoms with E-state index in [-0.39, 0.29) is 0 Å². The fourth-order valence-electron chi connectivity index (χ4n) is 1.25. The summed E-state index contributed by atoms with van der Waals surface area (Å²) >= 11 is 11.7. The predicted molar refractivity (Wildman–Crippen MR) is 70.6 cm³/mol. The monoisotopic (exact) mass is 269 g/mol. The summed E-state index contributed by atoms with van der Waals surface area (Å²) in [6.45, 7) is 0. The van der Waals surface area contributed by atoms with Crippen LogP contribution < -0.4 is 16.8 Å². The van der Waals surface area contributed by atoms with Crippen LogP contribution in [-0.4, -0.2) is 9.97 Å². The molecule has 0 saturated heterocycles. The van der Waals surface area contributed by atoms with Crippen molar-refractivity contribution >= 4 is 46.2 Å². The van der Waals surface area contributed by atoms with Crippen LogP contribution >= 0.6 is 23.2 Å². The quantitative estimate of drug-likeness (QED) is 0.730. The summed E-state index contributed by atoms with van der Waals surface area (Å²) < 4.78 is 0. The highest BCUT2D eigenvalue weighted by Gasteiger charge is 2.06. The van der Waals surface area contributed by atoms with E-state index in [9.17, 15) is 0 Å². The van der Waals surface area contributed by atoms with E-state index in [0.29, 0.717) is 33.1 Å². The Bertz CT molecular complexity index is 558. The van der Waals surface area contributed by atoms with E-state index in [1.165, 1.54) is 6.33 Å². The molecule has 0 unspecified atom stereocenters. The van der Waals surface area contributed by atoms with Crippen LogP contribution in [0.3, 0.4) is 0 Å². The highest BCUT2D eigenvalue weighted by molar-refractivity contribution is 6.42. The van der Waals surface area contributed by atoms with E-state index in [4.69, 9.17) is 34.7 Å². The fraction of sp³-hybridized carbons (Fsp3) is 0. The summed E-state index contributed by atoms with van der Waals surface area (Å²) in [7, 11) is 0. The average Bonchev–Trinajstić information content (AvgIpc) is 2.26. The zero-order valence-corrected chi connectivity index (χ0v) is 10.1. The average molecular weight is 270 g/mol. The molecule has 2 rings (SSSR count). The standard InChI is InChI=1S/C10H9Cl2N5/c11-5-1-7(13)8(2-6(5)12)17-10-3-9(14)15-4-16-10/h1-4H,13H2,(H3,14,15,16,17). The van der Waals surface area contributed by atoms with Crippen molar-refractivity contribution in [1.29, 1.82) is 0 Å². The topological polar surface area (TPSA) is 89.8 Å². The number of halogens is 2. The molecule has 0 spiro atoms. The molecule has 0 aliphatic rings. The van der Waals surface area contributed by atoms with Gasteiger partial charge in [0.15, 0.2) is 0 Å². The highest BCUT2D eigenvalue weighted by atomic mass is 35.5. The number of hydrogen-bond donors (Lipinski definition) is 3. The van der Waals surface area contributed by atoms with Gasteiger partial charge in [-0.1, -0.05) is 23.2 Å². The van der Waals surface area contributed by atoms with Gasteiger partial charge in [0, 0.05) is 6.07 Å². The van der Waals surface area contributed by atoms with E-state index in [0.717, 1.165) is 0 Å². The summed E-state index contributed by atoms with van der Waals surface area (Å²) in [6.07, 6.45) is 1.35. The maximum absolute atomic E-state index is 5.90. The minimum Gasteiger partial charge on any atom is -0.397 e. The fourth-order valence-corrected chi connectivity index (χ4v) is 1.58. The van der Waals surface area contributed by atoms with Crippen molar-refractivity contribution in [3.8, 4) is 0 Å². The first-order chi connectivity index (χ1) is 8.06. The number of aromatic nitrogens is 2. The summed E-state index contributed by atoms with van der Waals surface area (Å²) in [5, 5.41) is 3.79. The Labute approximate surface area is 108 Å². The third-order valence-corrected chi connectivity index (χ3v) is 2.77. The Morgan fingerprint density at radius 1 is 1.00 bits per heavy atom.